The quantitative estimate of drug-likeness (QED) is 0.943. The molecule has 0 aliphatic rings. The minimum absolute atomic E-state index is 0.285. The molecule has 7 heteroatoms. The number of rotatable bonds is 3. The number of hydrogen-bond donors (Lipinski definition) is 1. The molecule has 0 radical (unpaired) electrons. The number of anilines is 2. The van der Waals surface area contributed by atoms with E-state index in [2.05, 4.69) is 9.97 Å². The van der Waals surface area contributed by atoms with Crippen LogP contribution in [0, 0.1) is 0 Å². The van der Waals surface area contributed by atoms with Gasteiger partial charge in [-0.05, 0) is 12.1 Å². The first-order valence-corrected chi connectivity index (χ1v) is 6.36. The second-order valence-corrected chi connectivity index (χ2v) is 5.64. The topological polar surface area (TPSA) is 55.0 Å². The van der Waals surface area contributed by atoms with Crippen molar-refractivity contribution in [3.05, 3.63) is 32.7 Å². The highest BCUT2D eigenvalue weighted by molar-refractivity contribution is 7.16. The number of nitrogens with two attached hydrogens (primary N) is 1. The molecule has 2 rings (SSSR count). The average Bonchev–Trinajstić information content (AvgIpc) is 2.68. The molecule has 0 bridgehead atoms. The average molecular weight is 289 g/mol. The highest BCUT2D eigenvalue weighted by Crippen LogP contribution is 2.29. The number of thiophene rings is 1. The fourth-order valence-electron chi connectivity index (χ4n) is 1.39. The van der Waals surface area contributed by atoms with E-state index in [1.807, 2.05) is 24.1 Å². The molecule has 0 atom stereocenters. The summed E-state index contributed by atoms with van der Waals surface area (Å²) < 4.78 is 0.765. The van der Waals surface area contributed by atoms with E-state index in [0.29, 0.717) is 17.4 Å². The maximum absolute atomic E-state index is 6.05. The predicted molar refractivity (Wildman–Crippen MR) is 72.9 cm³/mol. The molecule has 2 aromatic rings. The van der Waals surface area contributed by atoms with Crippen LogP contribution in [0.5, 0.6) is 0 Å². The number of nitrogens with zero attached hydrogens (tertiary/aromatic N) is 3. The third-order valence-electron chi connectivity index (χ3n) is 2.18. The van der Waals surface area contributed by atoms with Gasteiger partial charge < -0.3 is 10.6 Å². The van der Waals surface area contributed by atoms with Crippen LogP contribution in [0.1, 0.15) is 4.88 Å². The summed E-state index contributed by atoms with van der Waals surface area (Å²) in [5.41, 5.74) is 5.63. The SMILES string of the molecule is CN(Cc1ccc(Cl)s1)c1ncnc(N)c1Cl. The van der Waals surface area contributed by atoms with E-state index in [1.54, 1.807) is 0 Å². The summed E-state index contributed by atoms with van der Waals surface area (Å²) in [6.07, 6.45) is 1.40. The van der Waals surface area contributed by atoms with E-state index in [1.165, 1.54) is 17.7 Å². The zero-order valence-corrected chi connectivity index (χ0v) is 11.4. The van der Waals surface area contributed by atoms with Crippen LogP contribution in [-0.4, -0.2) is 17.0 Å². The molecule has 0 aliphatic heterocycles. The van der Waals surface area contributed by atoms with E-state index >= 15 is 0 Å². The summed E-state index contributed by atoms with van der Waals surface area (Å²) >= 11 is 13.4. The van der Waals surface area contributed by atoms with Crippen LogP contribution < -0.4 is 10.6 Å². The van der Waals surface area contributed by atoms with Crippen molar-refractivity contribution < 1.29 is 0 Å². The number of hydrogen-bond acceptors (Lipinski definition) is 5. The third-order valence-corrected chi connectivity index (χ3v) is 3.76. The Bertz CT molecular complexity index is 529. The standard InChI is InChI=1S/C10H10Cl2N4S/c1-16(4-6-2-3-7(11)17-6)10-8(12)9(13)14-5-15-10/h2-3,5H,4H2,1H3,(H2,13,14,15). The number of aromatic nitrogens is 2. The fourth-order valence-corrected chi connectivity index (χ4v) is 2.77. The van der Waals surface area contributed by atoms with Crippen molar-refractivity contribution in [3.8, 4) is 0 Å². The van der Waals surface area contributed by atoms with Gasteiger partial charge in [-0.3, -0.25) is 0 Å². The van der Waals surface area contributed by atoms with E-state index in [4.69, 9.17) is 28.9 Å². The lowest BCUT2D eigenvalue weighted by molar-refractivity contribution is 0.906. The Morgan fingerprint density at radius 3 is 2.76 bits per heavy atom. The predicted octanol–water partition coefficient (Wildman–Crippen LogP) is 3.06. The van der Waals surface area contributed by atoms with Gasteiger partial charge in [0, 0.05) is 11.9 Å². The second-order valence-electron chi connectivity index (χ2n) is 3.46. The van der Waals surface area contributed by atoms with Crippen LogP contribution >= 0.6 is 34.5 Å². The molecule has 0 spiro atoms. The van der Waals surface area contributed by atoms with E-state index in [-0.39, 0.29) is 5.82 Å². The minimum Gasteiger partial charge on any atom is -0.382 e. The van der Waals surface area contributed by atoms with Gasteiger partial charge in [-0.15, -0.1) is 11.3 Å². The van der Waals surface area contributed by atoms with E-state index in [0.717, 1.165) is 9.21 Å². The van der Waals surface area contributed by atoms with Crippen LogP contribution in [0.3, 0.4) is 0 Å². The molecule has 0 aromatic carbocycles. The van der Waals surface area contributed by atoms with E-state index < -0.39 is 0 Å². The maximum Gasteiger partial charge on any atom is 0.153 e. The molecule has 4 nitrogen and oxygen atoms in total. The lowest BCUT2D eigenvalue weighted by Gasteiger charge is -2.18. The Kier molecular flexibility index (Phi) is 3.71. The smallest absolute Gasteiger partial charge is 0.153 e. The summed E-state index contributed by atoms with van der Waals surface area (Å²) in [6, 6.07) is 3.84. The zero-order chi connectivity index (χ0) is 12.4. The first-order valence-electron chi connectivity index (χ1n) is 4.79. The lowest BCUT2D eigenvalue weighted by atomic mass is 10.4. The first-order chi connectivity index (χ1) is 8.08. The van der Waals surface area contributed by atoms with E-state index in [9.17, 15) is 0 Å². The molecule has 0 saturated heterocycles. The van der Waals surface area contributed by atoms with Crippen molar-refractivity contribution >= 4 is 46.2 Å². The van der Waals surface area contributed by atoms with Gasteiger partial charge in [0.05, 0.1) is 10.9 Å². The molecular formula is C10H10Cl2N4S. The van der Waals surface area contributed by atoms with Gasteiger partial charge in [0.1, 0.15) is 17.2 Å². The third kappa shape index (κ3) is 2.80. The molecule has 2 N–H and O–H groups in total. The number of halogens is 2. The van der Waals surface area contributed by atoms with Crippen molar-refractivity contribution in [2.24, 2.45) is 0 Å². The van der Waals surface area contributed by atoms with Gasteiger partial charge in [0.2, 0.25) is 0 Å². The van der Waals surface area contributed by atoms with Crippen molar-refractivity contribution in [1.82, 2.24) is 9.97 Å². The van der Waals surface area contributed by atoms with Gasteiger partial charge in [0.25, 0.3) is 0 Å². The maximum atomic E-state index is 6.05. The van der Waals surface area contributed by atoms with Crippen LogP contribution in [0.15, 0.2) is 18.5 Å². The molecule has 0 amide bonds. The Balaban J connectivity index is 2.20. The Morgan fingerprint density at radius 1 is 1.35 bits per heavy atom. The molecule has 0 aliphatic carbocycles. The van der Waals surface area contributed by atoms with Crippen molar-refractivity contribution in [2.75, 3.05) is 17.7 Å². The molecule has 2 heterocycles. The van der Waals surface area contributed by atoms with Crippen LogP contribution in [0.2, 0.25) is 9.36 Å². The van der Waals surface area contributed by atoms with Crippen LogP contribution in [0.25, 0.3) is 0 Å². The van der Waals surface area contributed by atoms with Crippen molar-refractivity contribution in [1.29, 1.82) is 0 Å². The summed E-state index contributed by atoms with van der Waals surface area (Å²) in [6.45, 7) is 0.674. The normalized spacial score (nSPS) is 10.5. The summed E-state index contributed by atoms with van der Waals surface area (Å²) in [4.78, 5) is 11.0. The Labute approximate surface area is 113 Å². The van der Waals surface area contributed by atoms with Crippen molar-refractivity contribution in [3.63, 3.8) is 0 Å². The molecule has 90 valence electrons. The molecule has 0 saturated carbocycles. The number of nitrogen functional groups attached to an aromatic ring is 1. The minimum atomic E-state index is 0.285. The Hall–Kier alpha value is -1.04. The Morgan fingerprint density at radius 2 is 2.12 bits per heavy atom. The molecule has 0 unspecified atom stereocenters. The molecule has 0 fully saturated rings. The first kappa shape index (κ1) is 12.4. The molecule has 2 aromatic heterocycles. The van der Waals surface area contributed by atoms with Crippen LogP contribution in [-0.2, 0) is 6.54 Å². The van der Waals surface area contributed by atoms with Gasteiger partial charge in [-0.25, -0.2) is 9.97 Å². The molecule has 17 heavy (non-hydrogen) atoms. The highest BCUT2D eigenvalue weighted by atomic mass is 35.5. The summed E-state index contributed by atoms with van der Waals surface area (Å²) in [5.74, 6) is 0.899. The lowest BCUT2D eigenvalue weighted by Crippen LogP contribution is -2.18. The van der Waals surface area contributed by atoms with Gasteiger partial charge in [-0.2, -0.15) is 0 Å². The zero-order valence-electron chi connectivity index (χ0n) is 9.02. The second kappa shape index (κ2) is 5.08. The van der Waals surface area contributed by atoms with Gasteiger partial charge >= 0.3 is 0 Å². The summed E-state index contributed by atoms with van der Waals surface area (Å²) in [5, 5.41) is 0.373. The fraction of sp³-hybridized carbons (Fsp3) is 0.200. The van der Waals surface area contributed by atoms with Crippen molar-refractivity contribution in [2.45, 2.75) is 6.54 Å². The molecular weight excluding hydrogens is 279 g/mol. The summed E-state index contributed by atoms with van der Waals surface area (Å²) in [7, 11) is 1.89. The highest BCUT2D eigenvalue weighted by Gasteiger charge is 2.12. The van der Waals surface area contributed by atoms with Gasteiger partial charge in [-0.1, -0.05) is 23.2 Å². The van der Waals surface area contributed by atoms with Gasteiger partial charge in [0.15, 0.2) is 5.82 Å². The van der Waals surface area contributed by atoms with Crippen LogP contribution in [0.4, 0.5) is 11.6 Å². The monoisotopic (exact) mass is 288 g/mol. The largest absolute Gasteiger partial charge is 0.382 e.